The molecule has 1 atom stereocenters. The minimum atomic E-state index is -0.550. The van der Waals surface area contributed by atoms with E-state index < -0.39 is 6.10 Å². The number of benzene rings is 3. The molecule has 0 saturated carbocycles. The van der Waals surface area contributed by atoms with Gasteiger partial charge in [0.05, 0.1) is 24.4 Å². The molecule has 2 N–H and O–H groups in total. The van der Waals surface area contributed by atoms with Crippen LogP contribution in [0.1, 0.15) is 18.6 Å². The zero-order valence-electron chi connectivity index (χ0n) is 15.6. The first-order chi connectivity index (χ1) is 13.5. The van der Waals surface area contributed by atoms with Gasteiger partial charge in [0.2, 0.25) is 0 Å². The summed E-state index contributed by atoms with van der Waals surface area (Å²) in [7, 11) is 1.64. The number of hydrogen-bond acceptors (Lipinski definition) is 4. The summed E-state index contributed by atoms with van der Waals surface area (Å²) >= 11 is 6.12. The van der Waals surface area contributed by atoms with E-state index in [1.807, 2.05) is 71.4 Å². The molecule has 1 unspecified atom stereocenters. The Kier molecular flexibility index (Phi) is 4.94. The summed E-state index contributed by atoms with van der Waals surface area (Å²) in [4.78, 5) is 0. The lowest BCUT2D eigenvalue weighted by molar-refractivity contribution is 0.199. The highest BCUT2D eigenvalue weighted by Gasteiger charge is 2.14. The number of aliphatic hydroxyl groups excluding tert-OH is 1. The van der Waals surface area contributed by atoms with Crippen LogP contribution in [-0.2, 0) is 0 Å². The Labute approximate surface area is 168 Å². The van der Waals surface area contributed by atoms with Crippen molar-refractivity contribution in [3.63, 3.8) is 0 Å². The van der Waals surface area contributed by atoms with Gasteiger partial charge < -0.3 is 15.2 Å². The largest absolute Gasteiger partial charge is 0.497 e. The van der Waals surface area contributed by atoms with Gasteiger partial charge in [0.15, 0.2) is 5.82 Å². The number of nitrogens with zero attached hydrogens (tertiary/aromatic N) is 2. The summed E-state index contributed by atoms with van der Waals surface area (Å²) in [6.07, 6.45) is -0.550. The molecule has 1 heterocycles. The molecule has 0 fully saturated rings. The number of fused-ring (bicyclic) bond motifs is 1. The van der Waals surface area contributed by atoms with Crippen LogP contribution in [0.5, 0.6) is 5.75 Å². The third-order valence-corrected chi connectivity index (χ3v) is 4.81. The van der Waals surface area contributed by atoms with E-state index in [1.54, 1.807) is 14.0 Å². The van der Waals surface area contributed by atoms with Crippen LogP contribution < -0.4 is 10.1 Å². The first-order valence-electron chi connectivity index (χ1n) is 8.93. The number of rotatable bonds is 5. The van der Waals surface area contributed by atoms with Gasteiger partial charge in [-0.1, -0.05) is 29.8 Å². The molecular weight excluding hydrogens is 374 g/mol. The zero-order valence-corrected chi connectivity index (χ0v) is 16.3. The highest BCUT2D eigenvalue weighted by molar-refractivity contribution is 6.30. The Morgan fingerprint density at radius 2 is 1.89 bits per heavy atom. The Morgan fingerprint density at radius 3 is 2.64 bits per heavy atom. The molecule has 0 aliphatic rings. The fourth-order valence-corrected chi connectivity index (χ4v) is 3.32. The van der Waals surface area contributed by atoms with Crippen molar-refractivity contribution < 1.29 is 9.84 Å². The lowest BCUT2D eigenvalue weighted by Gasteiger charge is -2.08. The van der Waals surface area contributed by atoms with Crippen molar-refractivity contribution in [1.29, 1.82) is 0 Å². The van der Waals surface area contributed by atoms with Crippen LogP contribution >= 0.6 is 11.6 Å². The van der Waals surface area contributed by atoms with Gasteiger partial charge in [-0.05, 0) is 61.0 Å². The van der Waals surface area contributed by atoms with Crippen LogP contribution in [0.4, 0.5) is 11.5 Å². The molecule has 4 aromatic rings. The number of aromatic nitrogens is 2. The lowest BCUT2D eigenvalue weighted by atomic mass is 10.1. The first kappa shape index (κ1) is 18.3. The van der Waals surface area contributed by atoms with Crippen LogP contribution in [0.3, 0.4) is 0 Å². The van der Waals surface area contributed by atoms with Crippen molar-refractivity contribution in [3.8, 4) is 11.4 Å². The number of ether oxygens (including phenoxy) is 1. The number of aliphatic hydroxyl groups is 1. The third kappa shape index (κ3) is 3.54. The van der Waals surface area contributed by atoms with Crippen molar-refractivity contribution in [2.45, 2.75) is 13.0 Å². The molecule has 6 heteroatoms. The summed E-state index contributed by atoms with van der Waals surface area (Å²) in [6.45, 7) is 1.75. The van der Waals surface area contributed by atoms with Crippen LogP contribution in [0, 0.1) is 0 Å². The van der Waals surface area contributed by atoms with Gasteiger partial charge in [0, 0.05) is 16.1 Å². The average Bonchev–Trinajstić information content (AvgIpc) is 3.05. The monoisotopic (exact) mass is 393 g/mol. The van der Waals surface area contributed by atoms with E-state index in [0.29, 0.717) is 10.8 Å². The Balaban J connectivity index is 1.87. The zero-order chi connectivity index (χ0) is 19.7. The number of methoxy groups -OCH3 is 1. The minimum Gasteiger partial charge on any atom is -0.497 e. The predicted molar refractivity (Wildman–Crippen MR) is 113 cm³/mol. The van der Waals surface area contributed by atoms with E-state index in [2.05, 4.69) is 5.32 Å². The topological polar surface area (TPSA) is 59.3 Å². The van der Waals surface area contributed by atoms with Gasteiger partial charge in [0.25, 0.3) is 0 Å². The van der Waals surface area contributed by atoms with E-state index >= 15 is 0 Å². The average molecular weight is 394 g/mol. The molecule has 0 saturated heterocycles. The second-order valence-electron chi connectivity index (χ2n) is 6.55. The molecule has 0 amide bonds. The Hall–Kier alpha value is -3.02. The van der Waals surface area contributed by atoms with Crippen LogP contribution in [-0.4, -0.2) is 22.0 Å². The van der Waals surface area contributed by atoms with Crippen molar-refractivity contribution in [2.24, 2.45) is 0 Å². The molecule has 0 bridgehead atoms. The number of anilines is 2. The summed E-state index contributed by atoms with van der Waals surface area (Å²) in [5.41, 5.74) is 3.47. The summed E-state index contributed by atoms with van der Waals surface area (Å²) < 4.78 is 7.25. The molecule has 28 heavy (non-hydrogen) atoms. The van der Waals surface area contributed by atoms with Gasteiger partial charge in [0.1, 0.15) is 5.75 Å². The van der Waals surface area contributed by atoms with E-state index in [0.717, 1.165) is 33.6 Å². The van der Waals surface area contributed by atoms with Gasteiger partial charge in [-0.3, -0.25) is 0 Å². The molecule has 0 radical (unpaired) electrons. The Bertz CT molecular complexity index is 1140. The molecular formula is C22H20ClN3O2. The maximum absolute atomic E-state index is 9.93. The van der Waals surface area contributed by atoms with E-state index in [9.17, 15) is 5.11 Å². The van der Waals surface area contributed by atoms with Gasteiger partial charge in [-0.15, -0.1) is 5.10 Å². The molecule has 5 nitrogen and oxygen atoms in total. The molecule has 0 aliphatic carbocycles. The summed E-state index contributed by atoms with van der Waals surface area (Å²) in [5, 5.41) is 19.6. The summed E-state index contributed by atoms with van der Waals surface area (Å²) in [5.74, 6) is 1.44. The third-order valence-electron chi connectivity index (χ3n) is 4.57. The molecule has 0 spiro atoms. The number of halogens is 1. The maximum Gasteiger partial charge on any atom is 0.160 e. The maximum atomic E-state index is 9.93. The predicted octanol–water partition coefficient (Wildman–Crippen LogP) is 5.48. The lowest BCUT2D eigenvalue weighted by Crippen LogP contribution is -2.00. The van der Waals surface area contributed by atoms with Crippen molar-refractivity contribution in [1.82, 2.24) is 9.78 Å². The molecule has 0 aliphatic heterocycles. The molecule has 3 aromatic carbocycles. The van der Waals surface area contributed by atoms with Gasteiger partial charge >= 0.3 is 0 Å². The Morgan fingerprint density at radius 1 is 1.07 bits per heavy atom. The number of nitrogens with one attached hydrogen (secondary N) is 1. The normalized spacial score (nSPS) is 12.1. The second kappa shape index (κ2) is 7.54. The van der Waals surface area contributed by atoms with E-state index in [4.69, 9.17) is 21.4 Å². The van der Waals surface area contributed by atoms with Crippen LogP contribution in [0.2, 0.25) is 5.02 Å². The number of hydrogen-bond donors (Lipinski definition) is 2. The van der Waals surface area contributed by atoms with Crippen molar-refractivity contribution in [2.75, 3.05) is 12.4 Å². The molecule has 142 valence electrons. The SMILES string of the molecule is COc1ccc2c(c1)c(Nc1cccc(Cl)c1)nn2-c1cccc(C(C)O)c1. The smallest absolute Gasteiger partial charge is 0.160 e. The first-order valence-corrected chi connectivity index (χ1v) is 9.31. The van der Waals surface area contributed by atoms with Crippen LogP contribution in [0.25, 0.3) is 16.6 Å². The van der Waals surface area contributed by atoms with E-state index in [-0.39, 0.29) is 0 Å². The van der Waals surface area contributed by atoms with Crippen LogP contribution in [0.15, 0.2) is 66.7 Å². The fourth-order valence-electron chi connectivity index (χ4n) is 3.13. The quantitative estimate of drug-likeness (QED) is 0.471. The highest BCUT2D eigenvalue weighted by Crippen LogP contribution is 2.32. The standard InChI is InChI=1S/C22H20ClN3O2/c1-14(27)15-5-3-8-18(11-15)26-21-10-9-19(28-2)13-20(21)22(25-26)24-17-7-4-6-16(23)12-17/h3-14,27H,1-2H3,(H,24,25). The fraction of sp³-hybridized carbons (Fsp3) is 0.136. The molecule has 1 aromatic heterocycles. The summed E-state index contributed by atoms with van der Waals surface area (Å²) in [6, 6.07) is 21.0. The van der Waals surface area contributed by atoms with Crippen molar-refractivity contribution >= 4 is 34.0 Å². The molecule has 4 rings (SSSR count). The minimum absolute atomic E-state index is 0.550. The van der Waals surface area contributed by atoms with E-state index in [1.165, 1.54) is 0 Å². The van der Waals surface area contributed by atoms with Gasteiger partial charge in [-0.25, -0.2) is 4.68 Å². The van der Waals surface area contributed by atoms with Gasteiger partial charge in [-0.2, -0.15) is 0 Å². The highest BCUT2D eigenvalue weighted by atomic mass is 35.5. The second-order valence-corrected chi connectivity index (χ2v) is 6.99. The van der Waals surface area contributed by atoms with Crippen molar-refractivity contribution in [3.05, 3.63) is 77.3 Å².